The Morgan fingerprint density at radius 2 is 2.08 bits per heavy atom. The van der Waals surface area contributed by atoms with Gasteiger partial charge in [-0.25, -0.2) is 0 Å². The van der Waals surface area contributed by atoms with Gasteiger partial charge in [0.15, 0.2) is 0 Å². The third-order valence-corrected chi connectivity index (χ3v) is 1.96. The fraction of sp³-hybridized carbons (Fsp3) is 0.750. The molecule has 0 atom stereocenters. The number of carboxylic acid groups (broad SMARTS) is 1. The van der Waals surface area contributed by atoms with Crippen LogP contribution in [-0.4, -0.2) is 34.5 Å². The molecule has 1 rings (SSSR count). The number of nitrogens with zero attached hydrogens (tertiary/aromatic N) is 1. The highest BCUT2D eigenvalue weighted by Crippen LogP contribution is 2.26. The number of carboxylic acids is 1. The van der Waals surface area contributed by atoms with E-state index in [1.54, 1.807) is 4.90 Å². The quantitative estimate of drug-likeness (QED) is 0.669. The van der Waals surface area contributed by atoms with Crippen LogP contribution in [0.5, 0.6) is 0 Å². The maximum atomic E-state index is 11.0. The molecule has 0 spiro atoms. The predicted octanol–water partition coefficient (Wildman–Crippen LogP) is 0.472. The minimum Gasteiger partial charge on any atom is -0.481 e. The molecule has 0 radical (unpaired) electrons. The van der Waals surface area contributed by atoms with Crippen molar-refractivity contribution in [3.05, 3.63) is 0 Å². The number of hydrogen-bond donors (Lipinski definition) is 1. The fourth-order valence-corrected chi connectivity index (χ4v) is 1.20. The number of hydrogen-bond acceptors (Lipinski definition) is 2. The lowest BCUT2D eigenvalue weighted by Crippen LogP contribution is -2.32. The van der Waals surface area contributed by atoms with Crippen molar-refractivity contribution < 1.29 is 14.7 Å². The molecule has 4 heteroatoms. The highest BCUT2D eigenvalue weighted by Gasteiger charge is 2.30. The molecule has 1 fully saturated rings. The molecule has 68 valence electrons. The van der Waals surface area contributed by atoms with Crippen molar-refractivity contribution in [3.63, 3.8) is 0 Å². The largest absolute Gasteiger partial charge is 0.481 e. The van der Waals surface area contributed by atoms with Gasteiger partial charge in [-0.3, -0.25) is 9.59 Å². The van der Waals surface area contributed by atoms with Gasteiger partial charge in [-0.05, 0) is 12.8 Å². The standard InChI is InChI=1S/C8H13NO3/c1-6(10)9(7-2-3-7)5-4-8(11)12/h7H,2-5H2,1H3,(H,11,12). The van der Waals surface area contributed by atoms with E-state index in [0.717, 1.165) is 12.8 Å². The Hall–Kier alpha value is -1.06. The van der Waals surface area contributed by atoms with Gasteiger partial charge in [0.1, 0.15) is 0 Å². The second-order valence-corrected chi connectivity index (χ2v) is 3.09. The molecule has 12 heavy (non-hydrogen) atoms. The molecule has 0 aromatic carbocycles. The summed E-state index contributed by atoms with van der Waals surface area (Å²) in [6.45, 7) is 1.84. The highest BCUT2D eigenvalue weighted by molar-refractivity contribution is 5.75. The Kier molecular flexibility index (Phi) is 2.68. The summed E-state index contributed by atoms with van der Waals surface area (Å²) in [7, 11) is 0. The number of amides is 1. The van der Waals surface area contributed by atoms with Crippen molar-refractivity contribution in [3.8, 4) is 0 Å². The second kappa shape index (κ2) is 3.56. The van der Waals surface area contributed by atoms with Crippen LogP contribution in [0.15, 0.2) is 0 Å². The SMILES string of the molecule is CC(=O)N(CCC(=O)O)C1CC1. The Morgan fingerprint density at radius 3 is 2.42 bits per heavy atom. The normalized spacial score (nSPS) is 15.8. The van der Waals surface area contributed by atoms with E-state index in [4.69, 9.17) is 5.11 Å². The van der Waals surface area contributed by atoms with Crippen molar-refractivity contribution in [1.29, 1.82) is 0 Å². The zero-order valence-electron chi connectivity index (χ0n) is 7.12. The molecule has 1 aliphatic rings. The van der Waals surface area contributed by atoms with Gasteiger partial charge in [0.05, 0.1) is 6.42 Å². The van der Waals surface area contributed by atoms with Crippen LogP contribution in [0.4, 0.5) is 0 Å². The fourth-order valence-electron chi connectivity index (χ4n) is 1.20. The highest BCUT2D eigenvalue weighted by atomic mass is 16.4. The Labute approximate surface area is 71.2 Å². The summed E-state index contributed by atoms with van der Waals surface area (Å²) in [6.07, 6.45) is 2.11. The third kappa shape index (κ3) is 2.53. The summed E-state index contributed by atoms with van der Waals surface area (Å²) in [4.78, 5) is 22.8. The zero-order chi connectivity index (χ0) is 9.14. The molecular weight excluding hydrogens is 158 g/mol. The minimum absolute atomic E-state index is 0.0150. The average molecular weight is 171 g/mol. The Morgan fingerprint density at radius 1 is 1.50 bits per heavy atom. The monoisotopic (exact) mass is 171 g/mol. The molecule has 4 nitrogen and oxygen atoms in total. The second-order valence-electron chi connectivity index (χ2n) is 3.09. The summed E-state index contributed by atoms with van der Waals surface area (Å²) in [6, 6.07) is 0.321. The van der Waals surface area contributed by atoms with Gasteiger partial charge in [-0.15, -0.1) is 0 Å². The lowest BCUT2D eigenvalue weighted by molar-refractivity contribution is -0.138. The van der Waals surface area contributed by atoms with E-state index in [1.165, 1.54) is 6.92 Å². The first-order chi connectivity index (χ1) is 5.61. The van der Waals surface area contributed by atoms with Crippen molar-refractivity contribution in [1.82, 2.24) is 4.90 Å². The summed E-state index contributed by atoms with van der Waals surface area (Å²) < 4.78 is 0. The van der Waals surface area contributed by atoms with Gasteiger partial charge >= 0.3 is 5.97 Å². The number of rotatable bonds is 4. The van der Waals surface area contributed by atoms with Gasteiger partial charge < -0.3 is 10.0 Å². The lowest BCUT2D eigenvalue weighted by atomic mass is 10.3. The molecule has 0 aromatic rings. The van der Waals surface area contributed by atoms with Crippen LogP contribution in [-0.2, 0) is 9.59 Å². The number of aliphatic carboxylic acids is 1. The van der Waals surface area contributed by atoms with Crippen LogP contribution in [0, 0.1) is 0 Å². The smallest absolute Gasteiger partial charge is 0.305 e. The van der Waals surface area contributed by atoms with Crippen LogP contribution < -0.4 is 0 Å². The van der Waals surface area contributed by atoms with Gasteiger partial charge in [0, 0.05) is 19.5 Å². The van der Waals surface area contributed by atoms with E-state index in [1.807, 2.05) is 0 Å². The molecule has 1 amide bonds. The van der Waals surface area contributed by atoms with Crippen LogP contribution in [0.25, 0.3) is 0 Å². The minimum atomic E-state index is -0.845. The molecule has 0 unspecified atom stereocenters. The summed E-state index contributed by atoms with van der Waals surface area (Å²) in [5.41, 5.74) is 0. The maximum absolute atomic E-state index is 11.0. The van der Waals surface area contributed by atoms with Gasteiger partial charge in [-0.1, -0.05) is 0 Å². The Balaban J connectivity index is 2.33. The molecule has 0 aromatic heterocycles. The van der Waals surface area contributed by atoms with Crippen LogP contribution >= 0.6 is 0 Å². The number of carbonyl (C=O) groups excluding carboxylic acids is 1. The van der Waals surface area contributed by atoms with Crippen molar-refractivity contribution in [2.75, 3.05) is 6.54 Å². The first-order valence-corrected chi connectivity index (χ1v) is 4.10. The first kappa shape index (κ1) is 9.03. The van der Waals surface area contributed by atoms with E-state index in [2.05, 4.69) is 0 Å². The average Bonchev–Trinajstić information content (AvgIpc) is 2.69. The van der Waals surface area contributed by atoms with Crippen molar-refractivity contribution in [2.24, 2.45) is 0 Å². The van der Waals surface area contributed by atoms with Crippen LogP contribution in [0.3, 0.4) is 0 Å². The number of carbonyl (C=O) groups is 2. The van der Waals surface area contributed by atoms with Crippen molar-refractivity contribution in [2.45, 2.75) is 32.2 Å². The lowest BCUT2D eigenvalue weighted by Gasteiger charge is -2.18. The van der Waals surface area contributed by atoms with Gasteiger partial charge in [0.25, 0.3) is 0 Å². The van der Waals surface area contributed by atoms with Crippen LogP contribution in [0.2, 0.25) is 0 Å². The van der Waals surface area contributed by atoms with Crippen LogP contribution in [0.1, 0.15) is 26.2 Å². The summed E-state index contributed by atoms with van der Waals surface area (Å²) >= 11 is 0. The summed E-state index contributed by atoms with van der Waals surface area (Å²) in [5, 5.41) is 8.41. The van der Waals surface area contributed by atoms with E-state index in [9.17, 15) is 9.59 Å². The summed E-state index contributed by atoms with van der Waals surface area (Å²) in [5.74, 6) is -0.861. The van der Waals surface area contributed by atoms with E-state index in [0.29, 0.717) is 12.6 Å². The topological polar surface area (TPSA) is 57.6 Å². The molecule has 0 saturated heterocycles. The Bertz CT molecular complexity index is 198. The third-order valence-electron chi connectivity index (χ3n) is 1.96. The van der Waals surface area contributed by atoms with Gasteiger partial charge in [-0.2, -0.15) is 0 Å². The van der Waals surface area contributed by atoms with Gasteiger partial charge in [0.2, 0.25) is 5.91 Å². The first-order valence-electron chi connectivity index (χ1n) is 4.10. The zero-order valence-corrected chi connectivity index (χ0v) is 7.12. The van der Waals surface area contributed by atoms with Crippen molar-refractivity contribution >= 4 is 11.9 Å². The van der Waals surface area contributed by atoms with E-state index < -0.39 is 5.97 Å². The molecule has 0 heterocycles. The molecule has 1 aliphatic carbocycles. The molecule has 0 aliphatic heterocycles. The molecule has 1 saturated carbocycles. The predicted molar refractivity (Wildman–Crippen MR) is 42.7 cm³/mol. The van der Waals surface area contributed by atoms with E-state index in [-0.39, 0.29) is 12.3 Å². The molecule has 1 N–H and O–H groups in total. The molecular formula is C8H13NO3. The maximum Gasteiger partial charge on any atom is 0.305 e. The van der Waals surface area contributed by atoms with E-state index >= 15 is 0 Å². The molecule has 0 bridgehead atoms.